The fraction of sp³-hybridized carbons (Fsp3) is 0.444. The Labute approximate surface area is 146 Å². The van der Waals surface area contributed by atoms with Gasteiger partial charge in [0.15, 0.2) is 11.5 Å². The predicted molar refractivity (Wildman–Crippen MR) is 89.7 cm³/mol. The molecule has 25 heavy (non-hydrogen) atoms. The van der Waals surface area contributed by atoms with E-state index in [1.165, 1.54) is 0 Å². The van der Waals surface area contributed by atoms with Gasteiger partial charge in [0.25, 0.3) is 5.91 Å². The first kappa shape index (κ1) is 17.3. The standard InChI is InChI=1S/C18H22N2O5/c1-22-11-13-6-7-20(10-13)18(21)17-9-16(25-19-17)12-24-15-5-3-4-14(8-15)23-2/h3-5,8-9,13H,6-7,10-12H2,1-2H3. The molecule has 0 aliphatic carbocycles. The third-order valence-corrected chi connectivity index (χ3v) is 4.18. The fourth-order valence-corrected chi connectivity index (χ4v) is 2.88. The summed E-state index contributed by atoms with van der Waals surface area (Å²) in [5, 5.41) is 3.88. The van der Waals surface area contributed by atoms with E-state index in [9.17, 15) is 4.79 Å². The maximum Gasteiger partial charge on any atom is 0.276 e. The van der Waals surface area contributed by atoms with Crippen molar-refractivity contribution in [1.82, 2.24) is 10.1 Å². The van der Waals surface area contributed by atoms with Crippen LogP contribution in [0.3, 0.4) is 0 Å². The summed E-state index contributed by atoms with van der Waals surface area (Å²) >= 11 is 0. The Kier molecular flexibility index (Phi) is 5.55. The van der Waals surface area contributed by atoms with Crippen LogP contribution < -0.4 is 9.47 Å². The number of hydrogen-bond acceptors (Lipinski definition) is 6. The summed E-state index contributed by atoms with van der Waals surface area (Å²) in [6, 6.07) is 8.91. The second-order valence-electron chi connectivity index (χ2n) is 6.01. The molecule has 1 aliphatic heterocycles. The van der Waals surface area contributed by atoms with Gasteiger partial charge in [-0.05, 0) is 18.6 Å². The first-order valence-corrected chi connectivity index (χ1v) is 8.20. The number of amides is 1. The van der Waals surface area contributed by atoms with Crippen molar-refractivity contribution in [3.63, 3.8) is 0 Å². The molecule has 1 unspecified atom stereocenters. The third-order valence-electron chi connectivity index (χ3n) is 4.18. The summed E-state index contributed by atoms with van der Waals surface area (Å²) in [6.07, 6.45) is 0.948. The number of aromatic nitrogens is 1. The largest absolute Gasteiger partial charge is 0.497 e. The molecule has 3 rings (SSSR count). The van der Waals surface area contributed by atoms with Crippen molar-refractivity contribution in [2.45, 2.75) is 13.0 Å². The van der Waals surface area contributed by atoms with E-state index in [1.54, 1.807) is 31.3 Å². The summed E-state index contributed by atoms with van der Waals surface area (Å²) in [5.74, 6) is 2.14. The van der Waals surface area contributed by atoms with E-state index in [0.29, 0.717) is 42.0 Å². The minimum absolute atomic E-state index is 0.116. The highest BCUT2D eigenvalue weighted by atomic mass is 16.5. The molecular formula is C18H22N2O5. The number of ether oxygens (including phenoxy) is 3. The number of methoxy groups -OCH3 is 2. The summed E-state index contributed by atoms with van der Waals surface area (Å²) in [4.78, 5) is 14.3. The van der Waals surface area contributed by atoms with Gasteiger partial charge in [-0.25, -0.2) is 0 Å². The van der Waals surface area contributed by atoms with Gasteiger partial charge in [-0.3, -0.25) is 4.79 Å². The van der Waals surface area contributed by atoms with E-state index >= 15 is 0 Å². The molecule has 2 aromatic rings. The Morgan fingerprint density at radius 2 is 2.16 bits per heavy atom. The van der Waals surface area contributed by atoms with Gasteiger partial charge in [0, 0.05) is 38.2 Å². The molecule has 1 fully saturated rings. The van der Waals surface area contributed by atoms with Crippen LogP contribution in [-0.4, -0.2) is 49.9 Å². The van der Waals surface area contributed by atoms with E-state index in [-0.39, 0.29) is 12.5 Å². The summed E-state index contributed by atoms with van der Waals surface area (Å²) in [6.45, 7) is 2.27. The van der Waals surface area contributed by atoms with Crippen molar-refractivity contribution in [3.05, 3.63) is 41.8 Å². The van der Waals surface area contributed by atoms with Crippen LogP contribution in [-0.2, 0) is 11.3 Å². The number of benzene rings is 1. The summed E-state index contributed by atoms with van der Waals surface area (Å²) in [5.41, 5.74) is 0.308. The topological polar surface area (TPSA) is 74.0 Å². The van der Waals surface area contributed by atoms with Gasteiger partial charge >= 0.3 is 0 Å². The molecule has 1 atom stereocenters. The van der Waals surface area contributed by atoms with E-state index in [1.807, 2.05) is 18.2 Å². The molecular weight excluding hydrogens is 324 g/mol. The first-order chi connectivity index (χ1) is 12.2. The highest BCUT2D eigenvalue weighted by Crippen LogP contribution is 2.21. The predicted octanol–water partition coefficient (Wildman–Crippen LogP) is 2.37. The van der Waals surface area contributed by atoms with Gasteiger partial charge in [0.1, 0.15) is 18.1 Å². The number of carbonyl (C=O) groups excluding carboxylic acids is 1. The van der Waals surface area contributed by atoms with Crippen LogP contribution in [0.4, 0.5) is 0 Å². The molecule has 0 radical (unpaired) electrons. The molecule has 1 amide bonds. The van der Waals surface area contributed by atoms with Crippen molar-refractivity contribution in [2.75, 3.05) is 33.9 Å². The lowest BCUT2D eigenvalue weighted by Gasteiger charge is -2.14. The smallest absolute Gasteiger partial charge is 0.276 e. The molecule has 134 valence electrons. The number of likely N-dealkylation sites (tertiary alicyclic amines) is 1. The van der Waals surface area contributed by atoms with Gasteiger partial charge in [-0.15, -0.1) is 0 Å². The molecule has 1 aliphatic rings. The Morgan fingerprint density at radius 1 is 1.32 bits per heavy atom. The van der Waals surface area contributed by atoms with Crippen LogP contribution in [0, 0.1) is 5.92 Å². The first-order valence-electron chi connectivity index (χ1n) is 8.20. The minimum Gasteiger partial charge on any atom is -0.497 e. The van der Waals surface area contributed by atoms with E-state index in [2.05, 4.69) is 5.16 Å². The lowest BCUT2D eigenvalue weighted by molar-refractivity contribution is 0.0765. The minimum atomic E-state index is -0.116. The summed E-state index contributed by atoms with van der Waals surface area (Å²) in [7, 11) is 3.28. The van der Waals surface area contributed by atoms with Crippen molar-refractivity contribution in [2.24, 2.45) is 5.92 Å². The van der Waals surface area contributed by atoms with Gasteiger partial charge in [-0.1, -0.05) is 11.2 Å². The van der Waals surface area contributed by atoms with Gasteiger partial charge < -0.3 is 23.6 Å². The van der Waals surface area contributed by atoms with E-state index in [0.717, 1.165) is 13.0 Å². The summed E-state index contributed by atoms with van der Waals surface area (Å²) < 4.78 is 21.2. The van der Waals surface area contributed by atoms with Crippen LogP contribution in [0.15, 0.2) is 34.9 Å². The Hall–Kier alpha value is -2.54. The van der Waals surface area contributed by atoms with E-state index in [4.69, 9.17) is 18.7 Å². The molecule has 0 N–H and O–H groups in total. The second kappa shape index (κ2) is 8.02. The van der Waals surface area contributed by atoms with Gasteiger partial charge in [0.05, 0.1) is 13.7 Å². The van der Waals surface area contributed by atoms with Crippen LogP contribution >= 0.6 is 0 Å². The second-order valence-corrected chi connectivity index (χ2v) is 6.01. The Balaban J connectivity index is 1.56. The maximum absolute atomic E-state index is 12.5. The maximum atomic E-state index is 12.5. The van der Waals surface area contributed by atoms with Crippen LogP contribution in [0.25, 0.3) is 0 Å². The van der Waals surface area contributed by atoms with Crippen molar-refractivity contribution >= 4 is 5.91 Å². The molecule has 2 heterocycles. The fourth-order valence-electron chi connectivity index (χ4n) is 2.88. The number of rotatable bonds is 7. The van der Waals surface area contributed by atoms with Crippen molar-refractivity contribution in [3.8, 4) is 11.5 Å². The molecule has 1 saturated heterocycles. The molecule has 0 spiro atoms. The van der Waals surface area contributed by atoms with Gasteiger partial charge in [0.2, 0.25) is 0 Å². The monoisotopic (exact) mass is 346 g/mol. The Morgan fingerprint density at radius 3 is 2.96 bits per heavy atom. The van der Waals surface area contributed by atoms with E-state index < -0.39 is 0 Å². The highest BCUT2D eigenvalue weighted by Gasteiger charge is 2.28. The quantitative estimate of drug-likeness (QED) is 0.766. The molecule has 7 heteroatoms. The zero-order chi connectivity index (χ0) is 17.6. The van der Waals surface area contributed by atoms with Crippen molar-refractivity contribution < 1.29 is 23.5 Å². The lowest BCUT2D eigenvalue weighted by Crippen LogP contribution is -2.29. The molecule has 0 saturated carbocycles. The normalized spacial score (nSPS) is 16.9. The van der Waals surface area contributed by atoms with Crippen LogP contribution in [0.5, 0.6) is 11.5 Å². The number of nitrogens with zero attached hydrogens (tertiary/aromatic N) is 2. The molecule has 7 nitrogen and oxygen atoms in total. The SMILES string of the molecule is COCC1CCN(C(=O)c2cc(COc3cccc(OC)c3)on2)C1. The molecule has 0 bridgehead atoms. The zero-order valence-electron chi connectivity index (χ0n) is 14.4. The number of carbonyl (C=O) groups is 1. The highest BCUT2D eigenvalue weighted by molar-refractivity contribution is 5.92. The average Bonchev–Trinajstić information content (AvgIpc) is 3.29. The van der Waals surface area contributed by atoms with Crippen molar-refractivity contribution in [1.29, 1.82) is 0 Å². The lowest BCUT2D eigenvalue weighted by atomic mass is 10.1. The zero-order valence-corrected chi connectivity index (χ0v) is 14.4. The Bertz CT molecular complexity index is 715. The van der Waals surface area contributed by atoms with Crippen LogP contribution in [0.2, 0.25) is 0 Å². The average molecular weight is 346 g/mol. The van der Waals surface area contributed by atoms with Crippen LogP contribution in [0.1, 0.15) is 22.7 Å². The number of hydrogen-bond donors (Lipinski definition) is 0. The molecule has 1 aromatic carbocycles. The molecule has 1 aromatic heterocycles. The third kappa shape index (κ3) is 4.30. The van der Waals surface area contributed by atoms with Gasteiger partial charge in [-0.2, -0.15) is 0 Å².